The van der Waals surface area contributed by atoms with Crippen molar-refractivity contribution in [2.75, 3.05) is 0 Å². The Balaban J connectivity index is 0.000000103. The van der Waals surface area contributed by atoms with E-state index in [-0.39, 0.29) is 10.8 Å². The fraction of sp³-hybridized carbons (Fsp3) is 0.0308. The van der Waals surface area contributed by atoms with Crippen LogP contribution in [0.2, 0.25) is 0 Å². The van der Waals surface area contributed by atoms with Crippen LogP contribution in [-0.4, -0.2) is 18.1 Å². The summed E-state index contributed by atoms with van der Waals surface area (Å²) in [6.45, 7) is 4.68. The molecule has 21 aromatic carbocycles. The molecule has 0 aliphatic heterocycles. The maximum Gasteiger partial charge on any atom is 0.0725 e. The molecular formula is C130H86N4. The Morgan fingerprint density at radius 2 is 0.403 bits per heavy atom. The molecule has 0 bridgehead atoms. The fourth-order valence-corrected chi connectivity index (χ4v) is 23.4. The summed E-state index contributed by atoms with van der Waals surface area (Å²) in [7, 11) is 0. The van der Waals surface area contributed by atoms with Gasteiger partial charge in [-0.15, -0.1) is 0 Å². The van der Waals surface area contributed by atoms with Gasteiger partial charge in [0.05, 0.1) is 55.1 Å². The van der Waals surface area contributed by atoms with E-state index in [1.54, 1.807) is 0 Å². The number of hydrogen-bond acceptors (Lipinski definition) is 0. The number of fused-ring (bicyclic) bond motifs is 28. The van der Waals surface area contributed by atoms with Crippen LogP contribution < -0.4 is 0 Å². The summed E-state index contributed by atoms with van der Waals surface area (Å²) in [5.41, 5.74) is 45.6. The van der Waals surface area contributed by atoms with E-state index in [1.165, 1.54) is 254 Å². The largest absolute Gasteiger partial charge is 0.309 e. The SMILES string of the molecule is CC1(C)c2ccccc2-c2cc(-c3ccc4c(c3)c3ccccc3n4-c3ccc(-c4ccccc4)cc3)ccc21.c1ccc(-c2ccc(-n3c4ccccc4c4cc(-c5ccc6c(c5)C5(c7ccccc7-c7ccccc75)c5ccccc5-6)ccc43)cc2)cc1.c1ccc(-c2ccc(-n3c4ccccc4c4cc(-c5ccc6c(c5)c5cccc7c8ccccc8n6c75)ccc43)cc2)cc1. The molecule has 0 amide bonds. The van der Waals surface area contributed by atoms with Crippen molar-refractivity contribution in [2.45, 2.75) is 24.7 Å². The Morgan fingerprint density at radius 3 is 0.821 bits per heavy atom. The molecule has 0 fully saturated rings. The maximum absolute atomic E-state index is 2.48. The van der Waals surface area contributed by atoms with Crippen molar-refractivity contribution in [1.29, 1.82) is 0 Å². The van der Waals surface area contributed by atoms with Crippen LogP contribution in [0.5, 0.6) is 0 Å². The van der Waals surface area contributed by atoms with Crippen LogP contribution in [0.15, 0.2) is 485 Å². The van der Waals surface area contributed by atoms with Crippen LogP contribution >= 0.6 is 0 Å². The molecule has 3 aliphatic carbocycles. The molecule has 0 radical (unpaired) electrons. The number of nitrogens with zero attached hydrogens (tertiary/aromatic N) is 4. The number of para-hydroxylation sites is 5. The Hall–Kier alpha value is -17.2. The van der Waals surface area contributed by atoms with E-state index in [2.05, 4.69) is 517 Å². The van der Waals surface area contributed by atoms with Gasteiger partial charge in [-0.1, -0.05) is 378 Å². The second-order valence-electron chi connectivity index (χ2n) is 36.9. The van der Waals surface area contributed by atoms with Crippen molar-refractivity contribution in [1.82, 2.24) is 18.1 Å². The third kappa shape index (κ3) is 11.7. The summed E-state index contributed by atoms with van der Waals surface area (Å²) in [4.78, 5) is 0. The molecule has 4 heteroatoms. The minimum atomic E-state index is -0.346. The summed E-state index contributed by atoms with van der Waals surface area (Å²) in [5.74, 6) is 0. The highest BCUT2D eigenvalue weighted by Gasteiger charge is 2.52. The highest BCUT2D eigenvalue weighted by Crippen LogP contribution is 2.64. The molecule has 5 aromatic heterocycles. The van der Waals surface area contributed by atoms with Crippen molar-refractivity contribution in [2.24, 2.45) is 0 Å². The second kappa shape index (κ2) is 30.2. The Morgan fingerprint density at radius 1 is 0.149 bits per heavy atom. The van der Waals surface area contributed by atoms with Crippen molar-refractivity contribution < 1.29 is 0 Å². The average Bonchev–Trinajstić information content (AvgIpc) is 1.51. The third-order valence-corrected chi connectivity index (χ3v) is 29.5. The van der Waals surface area contributed by atoms with E-state index in [0.29, 0.717) is 0 Å². The topological polar surface area (TPSA) is 19.2 Å². The molecule has 4 nitrogen and oxygen atoms in total. The van der Waals surface area contributed by atoms with E-state index in [4.69, 9.17) is 0 Å². The van der Waals surface area contributed by atoms with E-state index in [1.807, 2.05) is 0 Å². The van der Waals surface area contributed by atoms with Gasteiger partial charge in [0.25, 0.3) is 0 Å². The molecule has 0 saturated heterocycles. The summed E-state index contributed by atoms with van der Waals surface area (Å²) >= 11 is 0. The van der Waals surface area contributed by atoms with Crippen LogP contribution in [0.25, 0.3) is 221 Å². The quantitative estimate of drug-likeness (QED) is 0.137. The summed E-state index contributed by atoms with van der Waals surface area (Å²) in [5, 5.41) is 12.9. The molecule has 29 rings (SSSR count). The van der Waals surface area contributed by atoms with Crippen molar-refractivity contribution in [3.05, 3.63) is 519 Å². The van der Waals surface area contributed by atoms with Crippen LogP contribution in [0.3, 0.4) is 0 Å². The lowest BCUT2D eigenvalue weighted by atomic mass is 9.70. The number of rotatable bonds is 9. The molecule has 1 spiro atoms. The van der Waals surface area contributed by atoms with Gasteiger partial charge in [-0.25, -0.2) is 0 Å². The molecule has 0 unspecified atom stereocenters. The smallest absolute Gasteiger partial charge is 0.0725 e. The lowest BCUT2D eigenvalue weighted by Crippen LogP contribution is -2.25. The van der Waals surface area contributed by atoms with Crippen LogP contribution in [-0.2, 0) is 10.8 Å². The van der Waals surface area contributed by atoms with Crippen molar-refractivity contribution >= 4 is 104 Å². The minimum Gasteiger partial charge on any atom is -0.309 e. The van der Waals surface area contributed by atoms with Gasteiger partial charge in [-0.2, -0.15) is 0 Å². The molecule has 5 heterocycles. The number of aromatic nitrogens is 4. The van der Waals surface area contributed by atoms with Crippen molar-refractivity contribution in [3.8, 4) is 117 Å². The molecule has 26 aromatic rings. The number of benzene rings is 21. The molecule has 0 N–H and O–H groups in total. The zero-order chi connectivity index (χ0) is 88.4. The van der Waals surface area contributed by atoms with Gasteiger partial charge < -0.3 is 18.1 Å². The normalized spacial score (nSPS) is 13.0. The lowest BCUT2D eigenvalue weighted by molar-refractivity contribution is 0.660. The minimum absolute atomic E-state index is 0.0257. The van der Waals surface area contributed by atoms with E-state index in [9.17, 15) is 0 Å². The zero-order valence-electron chi connectivity index (χ0n) is 74.0. The van der Waals surface area contributed by atoms with E-state index >= 15 is 0 Å². The molecule has 626 valence electrons. The number of hydrogen-bond donors (Lipinski definition) is 0. The van der Waals surface area contributed by atoms with Crippen LogP contribution in [0.1, 0.15) is 47.2 Å². The predicted octanol–water partition coefficient (Wildman–Crippen LogP) is 34.2. The monoisotopic (exact) mass is 1700 g/mol. The van der Waals surface area contributed by atoms with E-state index < -0.39 is 0 Å². The first-order chi connectivity index (χ1) is 66.2. The van der Waals surface area contributed by atoms with Gasteiger partial charge in [0.1, 0.15) is 0 Å². The Labute approximate surface area is 776 Å². The standard InChI is InChI=1S/C49H31N.C42H26N2.C39H29N/c1-2-12-32(13-3-1)33-22-26-36(27-23-33)50-47-21-11-7-17-41(47)42-30-34(25-29-48(42)50)35-24-28-40-39-16-6-10-20-45(39)49(46(40)31-35)43-18-8-4-14-37(43)38-15-5-9-19-44(38)49;1-2-9-27(10-3-1)28-17-21-31(22-18-28)43-38-15-6-5-12-33(38)36-25-29(19-23-40(36)43)30-20-24-41-37(26-30)35-14-8-13-34-32-11-4-7-16-39(32)44(41)42(34)35;1-39(2)35-14-8-6-12-31(35)33-24-28(18-22-36(33)39)29-19-23-38-34(25-29)32-13-7-9-15-37(32)40(38)30-20-16-27(17-21-30)26-10-4-3-5-11-26/h1-31H;1-26H;3-25H,1-2H3. The molecule has 134 heavy (non-hydrogen) atoms. The highest BCUT2D eigenvalue weighted by atomic mass is 15.0. The van der Waals surface area contributed by atoms with Crippen molar-refractivity contribution in [3.63, 3.8) is 0 Å². The van der Waals surface area contributed by atoms with Gasteiger partial charge in [0.2, 0.25) is 0 Å². The Bertz CT molecular complexity index is 9180. The van der Waals surface area contributed by atoms with Gasteiger partial charge in [-0.3, -0.25) is 0 Å². The molecule has 3 aliphatic rings. The second-order valence-corrected chi connectivity index (χ2v) is 36.9. The van der Waals surface area contributed by atoms with Gasteiger partial charge in [0, 0.05) is 76.3 Å². The average molecular weight is 1700 g/mol. The van der Waals surface area contributed by atoms with Gasteiger partial charge in [0.15, 0.2) is 0 Å². The predicted molar refractivity (Wildman–Crippen MR) is 563 cm³/mol. The van der Waals surface area contributed by atoms with Gasteiger partial charge in [-0.05, 0) is 255 Å². The molecular weight excluding hydrogens is 1620 g/mol. The summed E-state index contributed by atoms with van der Waals surface area (Å²) < 4.78 is 9.64. The highest BCUT2D eigenvalue weighted by molar-refractivity contribution is 6.24. The maximum atomic E-state index is 2.48. The first kappa shape index (κ1) is 76.8. The molecule has 0 atom stereocenters. The Kier molecular flexibility index (Phi) is 17.3. The van der Waals surface area contributed by atoms with Gasteiger partial charge >= 0.3 is 0 Å². The van der Waals surface area contributed by atoms with E-state index in [0.717, 1.165) is 0 Å². The lowest BCUT2D eigenvalue weighted by Gasteiger charge is -2.30. The third-order valence-electron chi connectivity index (χ3n) is 29.5. The first-order valence-electron chi connectivity index (χ1n) is 46.7. The zero-order valence-corrected chi connectivity index (χ0v) is 74.0. The molecule has 0 saturated carbocycles. The first-order valence-corrected chi connectivity index (χ1v) is 46.7. The summed E-state index contributed by atoms with van der Waals surface area (Å²) in [6.07, 6.45) is 0. The summed E-state index contributed by atoms with van der Waals surface area (Å²) in [6, 6.07) is 178. The van der Waals surface area contributed by atoms with Crippen LogP contribution in [0.4, 0.5) is 0 Å². The van der Waals surface area contributed by atoms with Crippen LogP contribution in [0, 0.1) is 0 Å². The fourth-order valence-electron chi connectivity index (χ4n) is 23.4.